The summed E-state index contributed by atoms with van der Waals surface area (Å²) >= 11 is 0. The Bertz CT molecular complexity index is 273. The molecule has 16 heavy (non-hydrogen) atoms. The lowest BCUT2D eigenvalue weighted by atomic mass is 10.1. The van der Waals surface area contributed by atoms with Crippen LogP contribution >= 0.6 is 0 Å². The minimum Gasteiger partial charge on any atom is -0.383 e. The van der Waals surface area contributed by atoms with Crippen LogP contribution in [0.1, 0.15) is 12.8 Å². The predicted molar refractivity (Wildman–Crippen MR) is 59.7 cm³/mol. The second-order valence-corrected chi connectivity index (χ2v) is 4.02. The van der Waals surface area contributed by atoms with Crippen LogP contribution in [0.5, 0.6) is 0 Å². The SMILES string of the molecule is COCCN1CCCN(C)C(=O)C1CC#N. The van der Waals surface area contributed by atoms with Crippen molar-refractivity contribution >= 4 is 5.91 Å². The summed E-state index contributed by atoms with van der Waals surface area (Å²) in [7, 11) is 3.44. The maximum atomic E-state index is 12.0. The van der Waals surface area contributed by atoms with Crippen LogP contribution in [0.4, 0.5) is 0 Å². The number of hydrogen-bond donors (Lipinski definition) is 0. The standard InChI is InChI=1S/C11H19N3O2/c1-13-6-3-7-14(8-9-16-2)10(4-5-12)11(13)15/h10H,3-4,6-9H2,1-2H3. The van der Waals surface area contributed by atoms with Gasteiger partial charge < -0.3 is 9.64 Å². The molecule has 0 saturated carbocycles. The van der Waals surface area contributed by atoms with E-state index in [0.717, 1.165) is 19.5 Å². The molecule has 1 rings (SSSR count). The molecule has 5 heteroatoms. The summed E-state index contributed by atoms with van der Waals surface area (Å²) in [6, 6.07) is 1.79. The first-order valence-electron chi connectivity index (χ1n) is 5.55. The van der Waals surface area contributed by atoms with Gasteiger partial charge in [-0.15, -0.1) is 0 Å². The Morgan fingerprint density at radius 3 is 2.94 bits per heavy atom. The van der Waals surface area contributed by atoms with Crippen LogP contribution in [0.25, 0.3) is 0 Å². The molecule has 0 aliphatic carbocycles. The van der Waals surface area contributed by atoms with E-state index in [9.17, 15) is 4.79 Å². The quantitative estimate of drug-likeness (QED) is 0.680. The van der Waals surface area contributed by atoms with E-state index in [1.54, 1.807) is 19.1 Å². The van der Waals surface area contributed by atoms with Crippen molar-refractivity contribution in [1.29, 1.82) is 5.26 Å². The van der Waals surface area contributed by atoms with E-state index in [-0.39, 0.29) is 18.4 Å². The van der Waals surface area contributed by atoms with Gasteiger partial charge in [0.05, 0.1) is 19.1 Å². The molecular formula is C11H19N3O2. The van der Waals surface area contributed by atoms with Crippen LogP contribution < -0.4 is 0 Å². The summed E-state index contributed by atoms with van der Waals surface area (Å²) in [4.78, 5) is 15.8. The van der Waals surface area contributed by atoms with Gasteiger partial charge in [0.1, 0.15) is 6.04 Å². The molecule has 0 aromatic carbocycles. The van der Waals surface area contributed by atoms with Crippen molar-refractivity contribution in [3.05, 3.63) is 0 Å². The molecule has 0 aromatic heterocycles. The number of hydrogen-bond acceptors (Lipinski definition) is 4. The number of carbonyl (C=O) groups is 1. The fourth-order valence-electron chi connectivity index (χ4n) is 1.97. The number of methoxy groups -OCH3 is 1. The normalized spacial score (nSPS) is 22.9. The van der Waals surface area contributed by atoms with E-state index in [0.29, 0.717) is 13.2 Å². The average Bonchev–Trinajstić information content (AvgIpc) is 2.41. The molecule has 0 spiro atoms. The lowest BCUT2D eigenvalue weighted by Gasteiger charge is -2.27. The molecule has 1 saturated heterocycles. The molecule has 1 aliphatic rings. The highest BCUT2D eigenvalue weighted by atomic mass is 16.5. The summed E-state index contributed by atoms with van der Waals surface area (Å²) in [5.41, 5.74) is 0. The molecule has 0 aromatic rings. The first-order valence-corrected chi connectivity index (χ1v) is 5.55. The van der Waals surface area contributed by atoms with Crippen LogP contribution in [-0.4, -0.2) is 62.1 Å². The highest BCUT2D eigenvalue weighted by Gasteiger charge is 2.30. The summed E-state index contributed by atoms with van der Waals surface area (Å²) in [5, 5.41) is 8.78. The molecule has 0 bridgehead atoms. The zero-order chi connectivity index (χ0) is 12.0. The molecule has 0 N–H and O–H groups in total. The third-order valence-electron chi connectivity index (χ3n) is 2.91. The molecule has 1 aliphatic heterocycles. The summed E-state index contributed by atoms with van der Waals surface area (Å²) in [6.07, 6.45) is 1.21. The minimum absolute atomic E-state index is 0.0511. The van der Waals surface area contributed by atoms with E-state index < -0.39 is 0 Å². The van der Waals surface area contributed by atoms with Crippen LogP contribution in [0.15, 0.2) is 0 Å². The Kier molecular flexibility index (Phi) is 5.23. The molecule has 90 valence electrons. The largest absolute Gasteiger partial charge is 0.383 e. The molecule has 1 amide bonds. The topological polar surface area (TPSA) is 56.6 Å². The van der Waals surface area contributed by atoms with E-state index >= 15 is 0 Å². The Labute approximate surface area is 96.6 Å². The highest BCUT2D eigenvalue weighted by Crippen LogP contribution is 2.12. The van der Waals surface area contributed by atoms with Crippen LogP contribution in [0.2, 0.25) is 0 Å². The Hall–Kier alpha value is -1.12. The zero-order valence-electron chi connectivity index (χ0n) is 9.98. The van der Waals surface area contributed by atoms with Gasteiger partial charge >= 0.3 is 0 Å². The van der Waals surface area contributed by atoms with Gasteiger partial charge in [-0.25, -0.2) is 0 Å². The number of ether oxygens (including phenoxy) is 1. The maximum absolute atomic E-state index is 12.0. The fourth-order valence-corrected chi connectivity index (χ4v) is 1.97. The van der Waals surface area contributed by atoms with E-state index in [1.165, 1.54) is 0 Å². The van der Waals surface area contributed by atoms with E-state index in [1.807, 2.05) is 0 Å². The fraction of sp³-hybridized carbons (Fsp3) is 0.818. The molecule has 1 atom stereocenters. The third kappa shape index (κ3) is 3.19. The van der Waals surface area contributed by atoms with Crippen molar-refractivity contribution in [3.8, 4) is 6.07 Å². The second kappa shape index (κ2) is 6.46. The molecule has 5 nitrogen and oxygen atoms in total. The van der Waals surface area contributed by atoms with Gasteiger partial charge in [-0.2, -0.15) is 5.26 Å². The minimum atomic E-state index is -0.298. The van der Waals surface area contributed by atoms with Gasteiger partial charge in [0, 0.05) is 33.8 Å². The van der Waals surface area contributed by atoms with Crippen molar-refractivity contribution in [1.82, 2.24) is 9.80 Å². The number of likely N-dealkylation sites (N-methyl/N-ethyl adjacent to an activating group) is 1. The first kappa shape index (κ1) is 12.9. The summed E-state index contributed by atoms with van der Waals surface area (Å²) < 4.78 is 5.02. The van der Waals surface area contributed by atoms with Gasteiger partial charge in [0.25, 0.3) is 0 Å². The van der Waals surface area contributed by atoms with Crippen LogP contribution in [-0.2, 0) is 9.53 Å². The Morgan fingerprint density at radius 2 is 2.31 bits per heavy atom. The monoisotopic (exact) mass is 225 g/mol. The first-order chi connectivity index (χ1) is 7.70. The molecule has 1 heterocycles. The van der Waals surface area contributed by atoms with Crippen LogP contribution in [0, 0.1) is 11.3 Å². The van der Waals surface area contributed by atoms with E-state index in [4.69, 9.17) is 10.00 Å². The van der Waals surface area contributed by atoms with Crippen LogP contribution in [0.3, 0.4) is 0 Å². The molecular weight excluding hydrogens is 206 g/mol. The lowest BCUT2D eigenvalue weighted by molar-refractivity contribution is -0.134. The highest BCUT2D eigenvalue weighted by molar-refractivity contribution is 5.82. The van der Waals surface area contributed by atoms with Crippen molar-refractivity contribution in [2.75, 3.05) is 40.4 Å². The smallest absolute Gasteiger partial charge is 0.240 e. The van der Waals surface area contributed by atoms with Gasteiger partial charge in [-0.1, -0.05) is 0 Å². The van der Waals surface area contributed by atoms with E-state index in [2.05, 4.69) is 11.0 Å². The Balaban J connectivity index is 2.70. The summed E-state index contributed by atoms with van der Waals surface area (Å²) in [6.45, 7) is 2.93. The predicted octanol–water partition coefficient (Wildman–Crippen LogP) is 0.0792. The van der Waals surface area contributed by atoms with Gasteiger partial charge in [-0.3, -0.25) is 9.69 Å². The molecule has 0 radical (unpaired) electrons. The number of amides is 1. The van der Waals surface area contributed by atoms with Crippen molar-refractivity contribution < 1.29 is 9.53 Å². The van der Waals surface area contributed by atoms with Gasteiger partial charge in [0.15, 0.2) is 0 Å². The molecule has 1 fully saturated rings. The number of nitrogens with zero attached hydrogens (tertiary/aromatic N) is 3. The maximum Gasteiger partial charge on any atom is 0.240 e. The lowest BCUT2D eigenvalue weighted by Crippen LogP contribution is -2.45. The van der Waals surface area contributed by atoms with Gasteiger partial charge in [-0.05, 0) is 6.42 Å². The average molecular weight is 225 g/mol. The molecule has 1 unspecified atom stereocenters. The van der Waals surface area contributed by atoms with Crippen molar-refractivity contribution in [2.24, 2.45) is 0 Å². The zero-order valence-corrected chi connectivity index (χ0v) is 9.98. The van der Waals surface area contributed by atoms with Crippen molar-refractivity contribution in [2.45, 2.75) is 18.9 Å². The third-order valence-corrected chi connectivity index (χ3v) is 2.91. The van der Waals surface area contributed by atoms with Crippen molar-refractivity contribution in [3.63, 3.8) is 0 Å². The number of nitriles is 1. The second-order valence-electron chi connectivity index (χ2n) is 4.02. The summed E-state index contributed by atoms with van der Waals surface area (Å²) in [5.74, 6) is 0.0511. The van der Waals surface area contributed by atoms with Gasteiger partial charge in [0.2, 0.25) is 5.91 Å². The Morgan fingerprint density at radius 1 is 1.56 bits per heavy atom. The number of carbonyl (C=O) groups excluding carboxylic acids is 1. The number of rotatable bonds is 4.